The Morgan fingerprint density at radius 3 is 2.56 bits per heavy atom. The van der Waals surface area contributed by atoms with Crippen molar-refractivity contribution in [2.45, 2.75) is 39.0 Å². The summed E-state index contributed by atoms with van der Waals surface area (Å²) in [5, 5.41) is 0. The van der Waals surface area contributed by atoms with Crippen molar-refractivity contribution in [3.63, 3.8) is 0 Å². The molecule has 1 aromatic carbocycles. The lowest BCUT2D eigenvalue weighted by Crippen LogP contribution is -1.99. The SMILES string of the molecule is C=CCCCCCOc1ccc(C(=O)CC)cc1. The number of Topliss-reactive ketones (excluding diaryl/α,β-unsaturated/α-hetero) is 1. The number of allylic oxidation sites excluding steroid dienone is 1. The van der Waals surface area contributed by atoms with Gasteiger partial charge in [-0.05, 0) is 49.9 Å². The second kappa shape index (κ2) is 8.51. The molecule has 0 unspecified atom stereocenters. The molecular weight excluding hydrogens is 224 g/mol. The molecule has 0 aliphatic carbocycles. The average molecular weight is 246 g/mol. The summed E-state index contributed by atoms with van der Waals surface area (Å²) in [6, 6.07) is 7.40. The van der Waals surface area contributed by atoms with E-state index >= 15 is 0 Å². The van der Waals surface area contributed by atoms with Crippen LogP contribution in [0.15, 0.2) is 36.9 Å². The van der Waals surface area contributed by atoms with Crippen molar-refractivity contribution < 1.29 is 9.53 Å². The molecular formula is C16H22O2. The van der Waals surface area contributed by atoms with Gasteiger partial charge in [0.15, 0.2) is 5.78 Å². The summed E-state index contributed by atoms with van der Waals surface area (Å²) in [6.45, 7) is 6.30. The van der Waals surface area contributed by atoms with Crippen molar-refractivity contribution in [2.75, 3.05) is 6.61 Å². The maximum absolute atomic E-state index is 11.4. The Bertz CT molecular complexity index is 365. The van der Waals surface area contributed by atoms with Gasteiger partial charge in [0.05, 0.1) is 6.61 Å². The summed E-state index contributed by atoms with van der Waals surface area (Å²) in [5.41, 5.74) is 0.760. The molecule has 2 nitrogen and oxygen atoms in total. The van der Waals surface area contributed by atoms with Gasteiger partial charge in [0.1, 0.15) is 5.75 Å². The molecule has 1 aromatic rings. The highest BCUT2D eigenvalue weighted by molar-refractivity contribution is 5.95. The fourth-order valence-corrected chi connectivity index (χ4v) is 1.70. The number of ketones is 1. The van der Waals surface area contributed by atoms with Crippen molar-refractivity contribution >= 4 is 5.78 Å². The van der Waals surface area contributed by atoms with Crippen LogP contribution in [0.2, 0.25) is 0 Å². The molecule has 2 heteroatoms. The van der Waals surface area contributed by atoms with Gasteiger partial charge >= 0.3 is 0 Å². The second-order valence-electron chi connectivity index (χ2n) is 4.29. The maximum Gasteiger partial charge on any atom is 0.162 e. The molecule has 0 fully saturated rings. The van der Waals surface area contributed by atoms with Crippen LogP contribution in [-0.2, 0) is 0 Å². The molecule has 0 aliphatic rings. The van der Waals surface area contributed by atoms with Crippen LogP contribution in [0.3, 0.4) is 0 Å². The summed E-state index contributed by atoms with van der Waals surface area (Å²) < 4.78 is 5.62. The predicted octanol–water partition coefficient (Wildman–Crippen LogP) is 4.40. The van der Waals surface area contributed by atoms with E-state index in [0.717, 1.165) is 30.8 Å². The van der Waals surface area contributed by atoms with Gasteiger partial charge in [-0.1, -0.05) is 13.0 Å². The molecule has 0 N–H and O–H groups in total. The zero-order chi connectivity index (χ0) is 13.2. The van der Waals surface area contributed by atoms with Gasteiger partial charge in [-0.25, -0.2) is 0 Å². The third-order valence-electron chi connectivity index (χ3n) is 2.82. The van der Waals surface area contributed by atoms with E-state index in [0.29, 0.717) is 6.42 Å². The number of benzene rings is 1. The maximum atomic E-state index is 11.4. The van der Waals surface area contributed by atoms with Crippen LogP contribution in [0.4, 0.5) is 0 Å². The summed E-state index contributed by atoms with van der Waals surface area (Å²) in [4.78, 5) is 11.4. The van der Waals surface area contributed by atoms with Gasteiger partial charge in [0, 0.05) is 12.0 Å². The fraction of sp³-hybridized carbons (Fsp3) is 0.438. The molecule has 0 aliphatic heterocycles. The van der Waals surface area contributed by atoms with Crippen LogP contribution in [0.1, 0.15) is 49.4 Å². The number of ether oxygens (including phenoxy) is 1. The van der Waals surface area contributed by atoms with Crippen molar-refractivity contribution in [2.24, 2.45) is 0 Å². The monoisotopic (exact) mass is 246 g/mol. The van der Waals surface area contributed by atoms with Crippen LogP contribution in [-0.4, -0.2) is 12.4 Å². The van der Waals surface area contributed by atoms with Gasteiger partial charge in [0.2, 0.25) is 0 Å². The van der Waals surface area contributed by atoms with Gasteiger partial charge in [-0.15, -0.1) is 6.58 Å². The normalized spacial score (nSPS) is 10.1. The first-order valence-corrected chi connectivity index (χ1v) is 6.65. The van der Waals surface area contributed by atoms with Crippen molar-refractivity contribution in [3.05, 3.63) is 42.5 Å². The van der Waals surface area contributed by atoms with Gasteiger partial charge in [-0.2, -0.15) is 0 Å². The molecule has 0 saturated heterocycles. The first-order chi connectivity index (χ1) is 8.77. The largest absolute Gasteiger partial charge is 0.494 e. The number of carbonyl (C=O) groups is 1. The van der Waals surface area contributed by atoms with Crippen LogP contribution >= 0.6 is 0 Å². The third kappa shape index (κ3) is 5.17. The molecule has 0 aromatic heterocycles. The minimum Gasteiger partial charge on any atom is -0.494 e. The number of hydrogen-bond acceptors (Lipinski definition) is 2. The van der Waals surface area contributed by atoms with Crippen LogP contribution < -0.4 is 4.74 Å². The van der Waals surface area contributed by atoms with E-state index in [1.807, 2.05) is 37.3 Å². The number of carbonyl (C=O) groups excluding carboxylic acids is 1. The minimum absolute atomic E-state index is 0.172. The molecule has 0 bridgehead atoms. The van der Waals surface area contributed by atoms with E-state index in [1.165, 1.54) is 12.8 Å². The van der Waals surface area contributed by atoms with Crippen molar-refractivity contribution in [1.82, 2.24) is 0 Å². The molecule has 0 spiro atoms. The lowest BCUT2D eigenvalue weighted by molar-refractivity contribution is 0.0988. The Hall–Kier alpha value is -1.57. The first-order valence-electron chi connectivity index (χ1n) is 6.65. The Balaban J connectivity index is 2.26. The first kappa shape index (κ1) is 14.5. The highest BCUT2D eigenvalue weighted by Crippen LogP contribution is 2.14. The smallest absolute Gasteiger partial charge is 0.162 e. The highest BCUT2D eigenvalue weighted by Gasteiger charge is 2.02. The molecule has 0 saturated carbocycles. The highest BCUT2D eigenvalue weighted by atomic mass is 16.5. The van der Waals surface area contributed by atoms with Gasteiger partial charge in [0.25, 0.3) is 0 Å². The van der Waals surface area contributed by atoms with Crippen LogP contribution in [0.25, 0.3) is 0 Å². The Morgan fingerprint density at radius 1 is 1.22 bits per heavy atom. The molecule has 98 valence electrons. The number of rotatable bonds is 9. The van der Waals surface area contributed by atoms with E-state index in [-0.39, 0.29) is 5.78 Å². The minimum atomic E-state index is 0.172. The predicted molar refractivity (Wildman–Crippen MR) is 75.2 cm³/mol. The zero-order valence-corrected chi connectivity index (χ0v) is 11.2. The standard InChI is InChI=1S/C16H22O2/c1-3-5-6-7-8-13-18-15-11-9-14(10-12-15)16(17)4-2/h3,9-12H,1,4-8,13H2,2H3. The average Bonchev–Trinajstić information content (AvgIpc) is 2.42. The summed E-state index contributed by atoms with van der Waals surface area (Å²) >= 11 is 0. The van der Waals surface area contributed by atoms with Crippen molar-refractivity contribution in [1.29, 1.82) is 0 Å². The topological polar surface area (TPSA) is 26.3 Å². The molecule has 18 heavy (non-hydrogen) atoms. The lowest BCUT2D eigenvalue weighted by Gasteiger charge is -2.06. The molecule has 0 heterocycles. The second-order valence-corrected chi connectivity index (χ2v) is 4.29. The van der Waals surface area contributed by atoms with Gasteiger partial charge in [-0.3, -0.25) is 4.79 Å². The lowest BCUT2D eigenvalue weighted by atomic mass is 10.1. The van der Waals surface area contributed by atoms with E-state index in [2.05, 4.69) is 6.58 Å². The Labute approximate surface area is 110 Å². The quantitative estimate of drug-likeness (QED) is 0.366. The number of unbranched alkanes of at least 4 members (excludes halogenated alkanes) is 3. The van der Waals surface area contributed by atoms with E-state index in [9.17, 15) is 4.79 Å². The Morgan fingerprint density at radius 2 is 1.94 bits per heavy atom. The third-order valence-corrected chi connectivity index (χ3v) is 2.82. The Kier molecular flexibility index (Phi) is 6.85. The molecule has 0 amide bonds. The molecule has 1 rings (SSSR count). The van der Waals surface area contributed by atoms with E-state index in [1.54, 1.807) is 0 Å². The summed E-state index contributed by atoms with van der Waals surface area (Å²) in [6.07, 6.45) is 6.97. The summed E-state index contributed by atoms with van der Waals surface area (Å²) in [7, 11) is 0. The fourth-order valence-electron chi connectivity index (χ4n) is 1.70. The van der Waals surface area contributed by atoms with Crippen LogP contribution in [0, 0.1) is 0 Å². The van der Waals surface area contributed by atoms with Crippen molar-refractivity contribution in [3.8, 4) is 5.75 Å². The zero-order valence-electron chi connectivity index (χ0n) is 11.2. The van der Waals surface area contributed by atoms with Crippen LogP contribution in [0.5, 0.6) is 5.75 Å². The van der Waals surface area contributed by atoms with E-state index in [4.69, 9.17) is 4.74 Å². The number of hydrogen-bond donors (Lipinski definition) is 0. The van der Waals surface area contributed by atoms with Gasteiger partial charge < -0.3 is 4.74 Å². The summed E-state index contributed by atoms with van der Waals surface area (Å²) in [5.74, 6) is 1.01. The van der Waals surface area contributed by atoms with E-state index < -0.39 is 0 Å². The molecule has 0 radical (unpaired) electrons. The molecule has 0 atom stereocenters.